The molecule has 2 rings (SSSR count). The van der Waals surface area contributed by atoms with E-state index in [0.717, 1.165) is 25.9 Å². The fourth-order valence-corrected chi connectivity index (χ4v) is 3.15. The lowest BCUT2D eigenvalue weighted by molar-refractivity contribution is 0.250. The van der Waals surface area contributed by atoms with E-state index in [1.807, 2.05) is 0 Å². The molecule has 106 valence electrons. The van der Waals surface area contributed by atoms with Crippen LogP contribution in [0.5, 0.6) is 0 Å². The van der Waals surface area contributed by atoms with Crippen LogP contribution in [0.1, 0.15) is 31.4 Å². The molecule has 3 heteroatoms. The first-order valence-electron chi connectivity index (χ1n) is 7.36. The predicted molar refractivity (Wildman–Crippen MR) is 80.9 cm³/mol. The maximum Gasteiger partial charge on any atom is 0.0446 e. The molecule has 3 nitrogen and oxygen atoms in total. The van der Waals surface area contributed by atoms with Gasteiger partial charge in [0.15, 0.2) is 0 Å². The lowest BCUT2D eigenvalue weighted by atomic mass is 10.0. The lowest BCUT2D eigenvalue weighted by Crippen LogP contribution is -2.56. The molecule has 0 spiro atoms. The Morgan fingerprint density at radius 2 is 2.16 bits per heavy atom. The van der Waals surface area contributed by atoms with Crippen molar-refractivity contribution in [1.29, 1.82) is 0 Å². The van der Waals surface area contributed by atoms with Gasteiger partial charge in [-0.05, 0) is 37.8 Å². The number of para-hydroxylation sites is 1. The van der Waals surface area contributed by atoms with Crippen LogP contribution < -0.4 is 10.2 Å². The van der Waals surface area contributed by atoms with Crippen molar-refractivity contribution in [1.82, 2.24) is 5.32 Å². The van der Waals surface area contributed by atoms with Gasteiger partial charge in [0.2, 0.25) is 0 Å². The molecule has 2 N–H and O–H groups in total. The van der Waals surface area contributed by atoms with E-state index >= 15 is 0 Å². The normalized spacial score (nSPS) is 23.7. The Bertz CT molecular complexity index is 419. The zero-order valence-electron chi connectivity index (χ0n) is 12.3. The third-order valence-electron chi connectivity index (χ3n) is 3.95. The minimum atomic E-state index is 0.257. The fraction of sp³-hybridized carbons (Fsp3) is 0.625. The van der Waals surface area contributed by atoms with Gasteiger partial charge in [0.1, 0.15) is 0 Å². The summed E-state index contributed by atoms with van der Waals surface area (Å²) < 4.78 is 0. The van der Waals surface area contributed by atoms with Gasteiger partial charge in [-0.15, -0.1) is 0 Å². The van der Waals surface area contributed by atoms with Gasteiger partial charge >= 0.3 is 0 Å². The van der Waals surface area contributed by atoms with Crippen molar-refractivity contribution < 1.29 is 5.11 Å². The summed E-state index contributed by atoms with van der Waals surface area (Å²) in [7, 11) is 0. The molecule has 0 bridgehead atoms. The van der Waals surface area contributed by atoms with Crippen LogP contribution in [-0.2, 0) is 6.42 Å². The van der Waals surface area contributed by atoms with Crippen LogP contribution >= 0.6 is 0 Å². The zero-order valence-corrected chi connectivity index (χ0v) is 12.3. The summed E-state index contributed by atoms with van der Waals surface area (Å²) in [6.45, 7) is 8.92. The van der Waals surface area contributed by atoms with Crippen LogP contribution in [0.25, 0.3) is 0 Å². The van der Waals surface area contributed by atoms with Crippen LogP contribution in [0, 0.1) is 6.92 Å². The maximum atomic E-state index is 9.16. The van der Waals surface area contributed by atoms with E-state index in [9.17, 15) is 0 Å². The minimum absolute atomic E-state index is 0.257. The fourth-order valence-electron chi connectivity index (χ4n) is 3.15. The summed E-state index contributed by atoms with van der Waals surface area (Å²) in [5.41, 5.74) is 4.19. The molecule has 1 heterocycles. The van der Waals surface area contributed by atoms with Crippen LogP contribution in [0.15, 0.2) is 18.2 Å². The van der Waals surface area contributed by atoms with Crippen molar-refractivity contribution in [2.24, 2.45) is 0 Å². The molecule has 1 aliphatic rings. The molecule has 2 atom stereocenters. The first-order chi connectivity index (χ1) is 9.15. The van der Waals surface area contributed by atoms with Gasteiger partial charge in [0.05, 0.1) is 0 Å². The van der Waals surface area contributed by atoms with E-state index < -0.39 is 0 Å². The summed E-state index contributed by atoms with van der Waals surface area (Å²) in [6.07, 6.45) is 1.90. The number of rotatable bonds is 4. The van der Waals surface area contributed by atoms with Gasteiger partial charge in [-0.25, -0.2) is 0 Å². The van der Waals surface area contributed by atoms with Crippen molar-refractivity contribution in [3.05, 3.63) is 29.3 Å². The van der Waals surface area contributed by atoms with Gasteiger partial charge in [0.25, 0.3) is 0 Å². The Balaban J connectivity index is 2.25. The predicted octanol–water partition coefficient (Wildman–Crippen LogP) is 2.11. The van der Waals surface area contributed by atoms with Gasteiger partial charge < -0.3 is 15.3 Å². The molecule has 19 heavy (non-hydrogen) atoms. The van der Waals surface area contributed by atoms with Crippen LogP contribution in [0.4, 0.5) is 5.69 Å². The number of nitrogens with one attached hydrogen (secondary N) is 1. The number of benzene rings is 1. The Hall–Kier alpha value is -1.06. The topological polar surface area (TPSA) is 35.5 Å². The largest absolute Gasteiger partial charge is 0.396 e. The number of aliphatic hydroxyl groups is 1. The molecule has 1 aromatic carbocycles. The van der Waals surface area contributed by atoms with Crippen molar-refractivity contribution in [3.8, 4) is 0 Å². The Labute approximate surface area is 116 Å². The second kappa shape index (κ2) is 6.40. The smallest absolute Gasteiger partial charge is 0.0446 e. The second-order valence-electron chi connectivity index (χ2n) is 5.62. The SMILES string of the molecule is CCc1cccc(C)c1N1CC(C)NC(CCO)C1. The van der Waals surface area contributed by atoms with Crippen molar-refractivity contribution in [3.63, 3.8) is 0 Å². The molecular weight excluding hydrogens is 236 g/mol. The molecule has 1 aliphatic heterocycles. The first-order valence-corrected chi connectivity index (χ1v) is 7.36. The second-order valence-corrected chi connectivity index (χ2v) is 5.62. The number of aliphatic hydroxyl groups excluding tert-OH is 1. The van der Waals surface area contributed by atoms with Crippen molar-refractivity contribution in [2.45, 2.75) is 45.7 Å². The molecule has 0 aliphatic carbocycles. The van der Waals surface area contributed by atoms with Crippen LogP contribution in [-0.4, -0.2) is 36.9 Å². The molecule has 0 radical (unpaired) electrons. The maximum absolute atomic E-state index is 9.16. The van der Waals surface area contributed by atoms with Crippen LogP contribution in [0.3, 0.4) is 0 Å². The molecular formula is C16H26N2O. The average Bonchev–Trinajstić information content (AvgIpc) is 2.38. The van der Waals surface area contributed by atoms with Gasteiger partial charge in [-0.3, -0.25) is 0 Å². The molecule has 0 amide bonds. The highest BCUT2D eigenvalue weighted by atomic mass is 16.3. The minimum Gasteiger partial charge on any atom is -0.396 e. The Morgan fingerprint density at radius 1 is 1.37 bits per heavy atom. The molecule has 1 fully saturated rings. The van der Waals surface area contributed by atoms with E-state index in [0.29, 0.717) is 12.1 Å². The number of piperazine rings is 1. The van der Waals surface area contributed by atoms with Gasteiger partial charge in [0, 0.05) is 37.5 Å². The quantitative estimate of drug-likeness (QED) is 0.872. The van der Waals surface area contributed by atoms with E-state index in [1.165, 1.54) is 16.8 Å². The molecule has 2 unspecified atom stereocenters. The van der Waals surface area contributed by atoms with Crippen LogP contribution in [0.2, 0.25) is 0 Å². The summed E-state index contributed by atoms with van der Waals surface area (Å²) in [5, 5.41) is 12.7. The summed E-state index contributed by atoms with van der Waals surface area (Å²) in [5.74, 6) is 0. The Morgan fingerprint density at radius 3 is 2.84 bits per heavy atom. The van der Waals surface area contributed by atoms with Gasteiger partial charge in [-0.1, -0.05) is 25.1 Å². The van der Waals surface area contributed by atoms with E-state index in [2.05, 4.69) is 49.2 Å². The molecule has 1 saturated heterocycles. The average molecular weight is 262 g/mol. The summed E-state index contributed by atoms with van der Waals surface area (Å²) >= 11 is 0. The standard InChI is InChI=1S/C16H26N2O/c1-4-14-7-5-6-12(2)16(14)18-10-13(3)17-15(11-18)8-9-19/h5-7,13,15,17,19H,4,8-11H2,1-3H3. The number of nitrogens with zero attached hydrogens (tertiary/aromatic N) is 1. The highest BCUT2D eigenvalue weighted by molar-refractivity contribution is 5.60. The van der Waals surface area contributed by atoms with E-state index in [4.69, 9.17) is 5.11 Å². The number of aryl methyl sites for hydroxylation is 2. The number of hydrogen-bond donors (Lipinski definition) is 2. The molecule has 0 aromatic heterocycles. The molecule has 0 saturated carbocycles. The first kappa shape index (κ1) is 14.4. The third kappa shape index (κ3) is 3.28. The molecule has 1 aromatic rings. The Kier molecular flexibility index (Phi) is 4.83. The summed E-state index contributed by atoms with van der Waals surface area (Å²) in [6, 6.07) is 7.43. The van der Waals surface area contributed by atoms with Crippen molar-refractivity contribution in [2.75, 3.05) is 24.6 Å². The van der Waals surface area contributed by atoms with Crippen molar-refractivity contribution >= 4 is 5.69 Å². The summed E-state index contributed by atoms with van der Waals surface area (Å²) in [4.78, 5) is 2.50. The highest BCUT2D eigenvalue weighted by Gasteiger charge is 2.25. The third-order valence-corrected chi connectivity index (χ3v) is 3.95. The van der Waals surface area contributed by atoms with Gasteiger partial charge in [-0.2, -0.15) is 0 Å². The number of hydrogen-bond acceptors (Lipinski definition) is 3. The highest BCUT2D eigenvalue weighted by Crippen LogP contribution is 2.27. The lowest BCUT2D eigenvalue weighted by Gasteiger charge is -2.40. The van der Waals surface area contributed by atoms with E-state index in [-0.39, 0.29) is 6.61 Å². The van der Waals surface area contributed by atoms with E-state index in [1.54, 1.807) is 0 Å². The monoisotopic (exact) mass is 262 g/mol. The number of anilines is 1. The zero-order chi connectivity index (χ0) is 13.8.